The number of hydrogen-bond acceptors (Lipinski definition) is 2. The van der Waals surface area contributed by atoms with Crippen LogP contribution in [0.5, 0.6) is 0 Å². The van der Waals surface area contributed by atoms with Gasteiger partial charge in [-0.05, 0) is 45.5 Å². The third-order valence-electron chi connectivity index (χ3n) is 3.00. The third-order valence-corrected chi connectivity index (χ3v) is 3.00. The topological polar surface area (TPSA) is 20.3 Å². The lowest BCUT2D eigenvalue weighted by atomic mass is 10.0. The molecule has 0 atom stereocenters. The summed E-state index contributed by atoms with van der Waals surface area (Å²) >= 11 is 0. The van der Waals surface area contributed by atoms with E-state index >= 15 is 0 Å². The maximum absolute atomic E-state index is 12.1. The minimum atomic E-state index is 0.227. The molecule has 0 saturated carbocycles. The summed E-state index contributed by atoms with van der Waals surface area (Å²) in [6.07, 6.45) is 2.32. The monoisotopic (exact) mass is 233 g/mol. The van der Waals surface area contributed by atoms with E-state index in [-0.39, 0.29) is 5.78 Å². The standard InChI is InChI=1S/C15H23NO/c1-5-6-9-16(4)11-15(17)14-10-12(2)7-8-13(14)3/h7-8,10H,5-6,9,11H2,1-4H3. The number of benzene rings is 1. The molecule has 0 radical (unpaired) electrons. The van der Waals surface area contributed by atoms with Crippen LogP contribution in [0.25, 0.3) is 0 Å². The lowest BCUT2D eigenvalue weighted by Gasteiger charge is -2.16. The van der Waals surface area contributed by atoms with Gasteiger partial charge in [0.25, 0.3) is 0 Å². The van der Waals surface area contributed by atoms with E-state index in [1.807, 2.05) is 39.1 Å². The molecule has 1 aromatic carbocycles. The lowest BCUT2D eigenvalue weighted by Crippen LogP contribution is -2.27. The van der Waals surface area contributed by atoms with E-state index in [4.69, 9.17) is 0 Å². The molecule has 0 aliphatic carbocycles. The van der Waals surface area contributed by atoms with E-state index in [1.165, 1.54) is 6.42 Å². The van der Waals surface area contributed by atoms with Crippen molar-refractivity contribution in [3.8, 4) is 0 Å². The Bertz CT molecular complexity index is 385. The van der Waals surface area contributed by atoms with Gasteiger partial charge in [0.15, 0.2) is 5.78 Å². The van der Waals surface area contributed by atoms with Crippen molar-refractivity contribution < 1.29 is 4.79 Å². The van der Waals surface area contributed by atoms with Crippen molar-refractivity contribution in [2.45, 2.75) is 33.6 Å². The quantitative estimate of drug-likeness (QED) is 0.703. The molecule has 0 aromatic heterocycles. The van der Waals surface area contributed by atoms with E-state index < -0.39 is 0 Å². The molecule has 0 aliphatic heterocycles. The predicted molar refractivity (Wildman–Crippen MR) is 72.7 cm³/mol. The minimum absolute atomic E-state index is 0.227. The Kier molecular flexibility index (Phi) is 5.36. The van der Waals surface area contributed by atoms with Crippen LogP contribution in [0.3, 0.4) is 0 Å². The number of aryl methyl sites for hydroxylation is 2. The smallest absolute Gasteiger partial charge is 0.177 e. The predicted octanol–water partition coefficient (Wildman–Crippen LogP) is 3.22. The van der Waals surface area contributed by atoms with Crippen molar-refractivity contribution in [2.24, 2.45) is 0 Å². The molecule has 0 bridgehead atoms. The number of rotatable bonds is 6. The van der Waals surface area contributed by atoms with Crippen molar-refractivity contribution in [3.63, 3.8) is 0 Å². The highest BCUT2D eigenvalue weighted by molar-refractivity contribution is 5.99. The van der Waals surface area contributed by atoms with Crippen LogP contribution in [0, 0.1) is 13.8 Å². The Morgan fingerprint density at radius 3 is 2.65 bits per heavy atom. The normalized spacial score (nSPS) is 10.9. The minimum Gasteiger partial charge on any atom is -0.299 e. The number of carbonyl (C=O) groups is 1. The summed E-state index contributed by atoms with van der Waals surface area (Å²) in [5.41, 5.74) is 3.09. The molecule has 0 spiro atoms. The van der Waals surface area contributed by atoms with Crippen LogP contribution < -0.4 is 0 Å². The zero-order valence-corrected chi connectivity index (χ0v) is 11.4. The van der Waals surface area contributed by atoms with Crippen molar-refractivity contribution in [1.82, 2.24) is 4.90 Å². The number of unbranched alkanes of at least 4 members (excludes halogenated alkanes) is 1. The molecule has 0 N–H and O–H groups in total. The van der Waals surface area contributed by atoms with Gasteiger partial charge in [0.1, 0.15) is 0 Å². The van der Waals surface area contributed by atoms with Crippen LogP contribution in [0.4, 0.5) is 0 Å². The van der Waals surface area contributed by atoms with Crippen LogP contribution in [0.15, 0.2) is 18.2 Å². The van der Waals surface area contributed by atoms with Gasteiger partial charge >= 0.3 is 0 Å². The second kappa shape index (κ2) is 6.55. The van der Waals surface area contributed by atoms with E-state index in [2.05, 4.69) is 11.8 Å². The zero-order valence-electron chi connectivity index (χ0n) is 11.4. The van der Waals surface area contributed by atoms with E-state index in [9.17, 15) is 4.79 Å². The Morgan fingerprint density at radius 1 is 1.29 bits per heavy atom. The molecular weight excluding hydrogens is 210 g/mol. The van der Waals surface area contributed by atoms with Crippen LogP contribution in [0.2, 0.25) is 0 Å². The number of carbonyl (C=O) groups excluding carboxylic acids is 1. The lowest BCUT2D eigenvalue weighted by molar-refractivity contribution is 0.0945. The highest BCUT2D eigenvalue weighted by Gasteiger charge is 2.11. The number of ketones is 1. The third kappa shape index (κ3) is 4.31. The molecular formula is C15H23NO. The first-order chi connectivity index (χ1) is 8.04. The first kappa shape index (κ1) is 13.9. The molecule has 0 saturated heterocycles. The summed E-state index contributed by atoms with van der Waals surface area (Å²) in [5, 5.41) is 0. The summed E-state index contributed by atoms with van der Waals surface area (Å²) in [4.78, 5) is 14.3. The molecule has 0 unspecified atom stereocenters. The SMILES string of the molecule is CCCCN(C)CC(=O)c1cc(C)ccc1C. The molecule has 0 fully saturated rings. The van der Waals surface area contributed by atoms with E-state index in [0.717, 1.165) is 29.7 Å². The summed E-state index contributed by atoms with van der Waals surface area (Å²) in [7, 11) is 2.01. The fraction of sp³-hybridized carbons (Fsp3) is 0.533. The zero-order chi connectivity index (χ0) is 12.8. The van der Waals surface area contributed by atoms with Crippen molar-refractivity contribution in [3.05, 3.63) is 34.9 Å². The molecule has 0 heterocycles. The average Bonchev–Trinajstić information content (AvgIpc) is 2.29. The van der Waals surface area contributed by atoms with Gasteiger partial charge in [-0.3, -0.25) is 9.69 Å². The highest BCUT2D eigenvalue weighted by atomic mass is 16.1. The van der Waals surface area contributed by atoms with Crippen LogP contribution in [0.1, 0.15) is 41.3 Å². The van der Waals surface area contributed by atoms with Gasteiger partial charge in [0.05, 0.1) is 6.54 Å². The fourth-order valence-corrected chi connectivity index (χ4v) is 1.87. The maximum Gasteiger partial charge on any atom is 0.177 e. The largest absolute Gasteiger partial charge is 0.299 e. The van der Waals surface area contributed by atoms with E-state index in [1.54, 1.807) is 0 Å². The van der Waals surface area contributed by atoms with Crippen LogP contribution >= 0.6 is 0 Å². The van der Waals surface area contributed by atoms with E-state index in [0.29, 0.717) is 6.54 Å². The molecule has 0 amide bonds. The molecule has 94 valence electrons. The van der Waals surface area contributed by atoms with Crippen molar-refractivity contribution in [1.29, 1.82) is 0 Å². The summed E-state index contributed by atoms with van der Waals surface area (Å²) in [6.45, 7) is 7.70. The number of hydrogen-bond donors (Lipinski definition) is 0. The maximum atomic E-state index is 12.1. The number of Topliss-reactive ketones (excluding diaryl/α,β-unsaturated/α-hetero) is 1. The van der Waals surface area contributed by atoms with Crippen molar-refractivity contribution in [2.75, 3.05) is 20.1 Å². The van der Waals surface area contributed by atoms with Crippen LogP contribution in [-0.4, -0.2) is 30.8 Å². The average molecular weight is 233 g/mol. The molecule has 1 rings (SSSR count). The van der Waals surface area contributed by atoms with Gasteiger partial charge in [0.2, 0.25) is 0 Å². The fourth-order valence-electron chi connectivity index (χ4n) is 1.87. The van der Waals surface area contributed by atoms with Gasteiger partial charge in [-0.25, -0.2) is 0 Å². The number of nitrogens with zero attached hydrogens (tertiary/aromatic N) is 1. The molecule has 17 heavy (non-hydrogen) atoms. The highest BCUT2D eigenvalue weighted by Crippen LogP contribution is 2.12. The second-order valence-electron chi connectivity index (χ2n) is 4.83. The Labute approximate surface area is 105 Å². The summed E-state index contributed by atoms with van der Waals surface area (Å²) < 4.78 is 0. The summed E-state index contributed by atoms with van der Waals surface area (Å²) in [6, 6.07) is 6.06. The molecule has 0 aliphatic rings. The number of likely N-dealkylation sites (N-methyl/N-ethyl adjacent to an activating group) is 1. The molecule has 2 heteroatoms. The first-order valence-electron chi connectivity index (χ1n) is 6.33. The van der Waals surface area contributed by atoms with Gasteiger partial charge < -0.3 is 0 Å². The van der Waals surface area contributed by atoms with Gasteiger partial charge in [-0.2, -0.15) is 0 Å². The molecule has 1 aromatic rings. The van der Waals surface area contributed by atoms with Crippen LogP contribution in [-0.2, 0) is 0 Å². The summed E-state index contributed by atoms with van der Waals surface area (Å²) in [5.74, 6) is 0.227. The Balaban J connectivity index is 2.66. The van der Waals surface area contributed by atoms with Gasteiger partial charge in [-0.15, -0.1) is 0 Å². The first-order valence-corrected chi connectivity index (χ1v) is 6.33. The van der Waals surface area contributed by atoms with Gasteiger partial charge in [0, 0.05) is 5.56 Å². The second-order valence-corrected chi connectivity index (χ2v) is 4.83. The Hall–Kier alpha value is -1.15. The Morgan fingerprint density at radius 2 is 2.00 bits per heavy atom. The molecule has 2 nitrogen and oxygen atoms in total. The van der Waals surface area contributed by atoms with Crippen molar-refractivity contribution >= 4 is 5.78 Å². The van der Waals surface area contributed by atoms with Gasteiger partial charge in [-0.1, -0.05) is 31.0 Å².